The number of nitriles is 1. The Morgan fingerprint density at radius 1 is 1.25 bits per heavy atom. The zero-order chi connectivity index (χ0) is 20.1. The summed E-state index contributed by atoms with van der Waals surface area (Å²) in [6, 6.07) is 14.0. The molecule has 0 bridgehead atoms. The lowest BCUT2D eigenvalue weighted by atomic mass is 10.0. The van der Waals surface area contributed by atoms with Crippen LogP contribution >= 0.6 is 0 Å². The van der Waals surface area contributed by atoms with Crippen molar-refractivity contribution in [3.63, 3.8) is 0 Å². The van der Waals surface area contributed by atoms with Gasteiger partial charge in [-0.3, -0.25) is 4.79 Å². The van der Waals surface area contributed by atoms with Crippen molar-refractivity contribution in [1.82, 2.24) is 14.9 Å². The van der Waals surface area contributed by atoms with E-state index in [2.05, 4.69) is 10.3 Å². The lowest BCUT2D eigenvalue weighted by molar-refractivity contribution is -0.127. The van der Waals surface area contributed by atoms with E-state index < -0.39 is 23.9 Å². The van der Waals surface area contributed by atoms with Gasteiger partial charge in [0.15, 0.2) is 6.10 Å². The number of imidazole rings is 1. The van der Waals surface area contributed by atoms with Gasteiger partial charge >= 0.3 is 0 Å². The lowest BCUT2D eigenvalue weighted by Crippen LogP contribution is -2.40. The van der Waals surface area contributed by atoms with E-state index in [0.717, 1.165) is 0 Å². The third-order valence-electron chi connectivity index (χ3n) is 4.28. The fourth-order valence-electron chi connectivity index (χ4n) is 2.77. The predicted molar refractivity (Wildman–Crippen MR) is 101 cm³/mol. The van der Waals surface area contributed by atoms with Crippen molar-refractivity contribution in [2.75, 3.05) is 0 Å². The maximum atomic E-state index is 14.4. The molecule has 142 valence electrons. The fourth-order valence-corrected chi connectivity index (χ4v) is 2.77. The summed E-state index contributed by atoms with van der Waals surface area (Å²) >= 11 is 0. The standard InChI is InChI=1S/C21H19FN4O2/c1-14(28-16-9-7-15(13-23)8-10-16)21(27)25-19(20-24-11-12-26(20)2)17-5-3-4-6-18(17)22/h3-12,14,19H,1-2H3,(H,25,27)/t14-,19-/m1/s1. The number of halogens is 1. The summed E-state index contributed by atoms with van der Waals surface area (Å²) in [6.45, 7) is 1.60. The van der Waals surface area contributed by atoms with Crippen LogP contribution in [0.3, 0.4) is 0 Å². The number of aryl methyl sites for hydroxylation is 1. The van der Waals surface area contributed by atoms with Crippen molar-refractivity contribution in [2.24, 2.45) is 7.05 Å². The molecule has 0 aliphatic carbocycles. The van der Waals surface area contributed by atoms with Crippen molar-refractivity contribution in [2.45, 2.75) is 19.1 Å². The lowest BCUT2D eigenvalue weighted by Gasteiger charge is -2.22. The number of carbonyl (C=O) groups excluding carboxylic acids is 1. The van der Waals surface area contributed by atoms with Crippen LogP contribution in [0.4, 0.5) is 4.39 Å². The molecule has 0 radical (unpaired) electrons. The normalized spacial score (nSPS) is 12.6. The summed E-state index contributed by atoms with van der Waals surface area (Å²) in [5.41, 5.74) is 0.814. The number of rotatable bonds is 6. The molecule has 1 N–H and O–H groups in total. The summed E-state index contributed by atoms with van der Waals surface area (Å²) in [6.07, 6.45) is 2.49. The van der Waals surface area contributed by atoms with Crippen LogP contribution < -0.4 is 10.1 Å². The maximum absolute atomic E-state index is 14.4. The number of aromatic nitrogens is 2. The quantitative estimate of drug-likeness (QED) is 0.715. The summed E-state index contributed by atoms with van der Waals surface area (Å²) in [4.78, 5) is 17.0. The highest BCUT2D eigenvalue weighted by Gasteiger charge is 2.26. The summed E-state index contributed by atoms with van der Waals surface area (Å²) in [5, 5.41) is 11.7. The molecule has 0 fully saturated rings. The minimum atomic E-state index is -0.831. The average Bonchev–Trinajstić information content (AvgIpc) is 3.13. The number of ether oxygens (including phenoxy) is 1. The minimum absolute atomic E-state index is 0.315. The Morgan fingerprint density at radius 3 is 2.57 bits per heavy atom. The molecule has 28 heavy (non-hydrogen) atoms. The van der Waals surface area contributed by atoms with Crippen LogP contribution in [0.5, 0.6) is 5.75 Å². The highest BCUT2D eigenvalue weighted by Crippen LogP contribution is 2.23. The third kappa shape index (κ3) is 4.18. The molecule has 0 spiro atoms. The zero-order valence-corrected chi connectivity index (χ0v) is 15.5. The molecule has 0 unspecified atom stereocenters. The number of benzene rings is 2. The van der Waals surface area contributed by atoms with E-state index in [-0.39, 0.29) is 0 Å². The summed E-state index contributed by atoms with van der Waals surface area (Å²) < 4.78 is 21.8. The molecule has 6 nitrogen and oxygen atoms in total. The molecule has 2 atom stereocenters. The van der Waals surface area contributed by atoms with Crippen LogP contribution in [-0.2, 0) is 11.8 Å². The smallest absolute Gasteiger partial charge is 0.261 e. The monoisotopic (exact) mass is 378 g/mol. The molecule has 7 heteroatoms. The third-order valence-corrected chi connectivity index (χ3v) is 4.28. The van der Waals surface area contributed by atoms with Gasteiger partial charge in [0.2, 0.25) is 0 Å². The fraction of sp³-hybridized carbons (Fsp3) is 0.190. The van der Waals surface area contributed by atoms with E-state index in [4.69, 9.17) is 10.00 Å². The molecular weight excluding hydrogens is 359 g/mol. The van der Waals surface area contributed by atoms with E-state index in [1.165, 1.54) is 6.07 Å². The van der Waals surface area contributed by atoms with Crippen LogP contribution in [-0.4, -0.2) is 21.6 Å². The molecule has 0 saturated carbocycles. The Labute approximate surface area is 162 Å². The number of hydrogen-bond donors (Lipinski definition) is 1. The second kappa shape index (κ2) is 8.35. The molecule has 2 aromatic carbocycles. The molecule has 1 aromatic heterocycles. The topological polar surface area (TPSA) is 79.9 Å². The Hall–Kier alpha value is -3.66. The van der Waals surface area contributed by atoms with Crippen molar-refractivity contribution in [3.05, 3.63) is 83.7 Å². The van der Waals surface area contributed by atoms with E-state index in [1.54, 1.807) is 73.4 Å². The van der Waals surface area contributed by atoms with Crippen LogP contribution in [0.15, 0.2) is 60.9 Å². The Balaban J connectivity index is 1.80. The average molecular weight is 378 g/mol. The second-order valence-corrected chi connectivity index (χ2v) is 6.26. The van der Waals surface area contributed by atoms with Crippen molar-refractivity contribution in [3.8, 4) is 11.8 Å². The van der Waals surface area contributed by atoms with Crippen LogP contribution in [0.2, 0.25) is 0 Å². The van der Waals surface area contributed by atoms with Crippen LogP contribution in [0, 0.1) is 17.1 Å². The predicted octanol–water partition coefficient (Wildman–Crippen LogP) is 3.10. The van der Waals surface area contributed by atoms with Crippen molar-refractivity contribution < 1.29 is 13.9 Å². The highest BCUT2D eigenvalue weighted by molar-refractivity contribution is 5.81. The van der Waals surface area contributed by atoms with E-state index >= 15 is 0 Å². The van der Waals surface area contributed by atoms with Crippen molar-refractivity contribution >= 4 is 5.91 Å². The summed E-state index contributed by atoms with van der Waals surface area (Å²) in [5.74, 6) is 0.113. The molecule has 0 aliphatic rings. The van der Waals surface area contributed by atoms with Gasteiger partial charge in [0.05, 0.1) is 11.6 Å². The van der Waals surface area contributed by atoms with Gasteiger partial charge in [-0.25, -0.2) is 9.37 Å². The summed E-state index contributed by atoms with van der Waals surface area (Å²) in [7, 11) is 1.78. The minimum Gasteiger partial charge on any atom is -0.481 e. The molecule has 1 heterocycles. The Bertz CT molecular complexity index is 1010. The first-order valence-corrected chi connectivity index (χ1v) is 8.68. The Morgan fingerprint density at radius 2 is 1.96 bits per heavy atom. The van der Waals surface area contributed by atoms with Gasteiger partial charge in [0.25, 0.3) is 5.91 Å². The first-order chi connectivity index (χ1) is 13.5. The van der Waals surface area contributed by atoms with Crippen molar-refractivity contribution in [1.29, 1.82) is 5.26 Å². The highest BCUT2D eigenvalue weighted by atomic mass is 19.1. The largest absolute Gasteiger partial charge is 0.481 e. The first-order valence-electron chi connectivity index (χ1n) is 8.68. The van der Waals surface area contributed by atoms with Gasteiger partial charge in [-0.2, -0.15) is 5.26 Å². The maximum Gasteiger partial charge on any atom is 0.261 e. The number of hydrogen-bond acceptors (Lipinski definition) is 4. The van der Waals surface area contributed by atoms with Gasteiger partial charge in [-0.1, -0.05) is 18.2 Å². The molecule has 3 aromatic rings. The van der Waals surface area contributed by atoms with Gasteiger partial charge < -0.3 is 14.6 Å². The molecule has 1 amide bonds. The molecular formula is C21H19FN4O2. The number of amides is 1. The Kier molecular flexibility index (Phi) is 5.70. The van der Waals surface area contributed by atoms with Gasteiger partial charge in [-0.15, -0.1) is 0 Å². The van der Waals surface area contributed by atoms with E-state index in [9.17, 15) is 9.18 Å². The first kappa shape index (κ1) is 19.1. The second-order valence-electron chi connectivity index (χ2n) is 6.26. The molecule has 0 aliphatic heterocycles. The number of carbonyl (C=O) groups is 1. The zero-order valence-electron chi connectivity index (χ0n) is 15.5. The molecule has 3 rings (SSSR count). The van der Waals surface area contributed by atoms with Gasteiger partial charge in [-0.05, 0) is 37.3 Å². The number of nitrogens with one attached hydrogen (secondary N) is 1. The number of nitrogens with zero attached hydrogens (tertiary/aromatic N) is 3. The van der Waals surface area contributed by atoms with E-state index in [0.29, 0.717) is 22.7 Å². The SMILES string of the molecule is C[C@@H](Oc1ccc(C#N)cc1)C(=O)N[C@H](c1ccccc1F)c1nccn1C. The van der Waals surface area contributed by atoms with Crippen LogP contribution in [0.25, 0.3) is 0 Å². The van der Waals surface area contributed by atoms with E-state index in [1.807, 2.05) is 6.07 Å². The molecule has 0 saturated heterocycles. The van der Waals surface area contributed by atoms with Gasteiger partial charge in [0, 0.05) is 25.0 Å². The van der Waals surface area contributed by atoms with Gasteiger partial charge in [0.1, 0.15) is 23.4 Å². The van der Waals surface area contributed by atoms with Crippen LogP contribution in [0.1, 0.15) is 29.9 Å².